The van der Waals surface area contributed by atoms with Crippen LogP contribution < -0.4 is 14.8 Å². The average Bonchev–Trinajstić information content (AvgIpc) is 3.21. The minimum Gasteiger partial charge on any atom is -0.493 e. The molecule has 1 aromatic carbocycles. The summed E-state index contributed by atoms with van der Waals surface area (Å²) in [5.41, 5.74) is 0.857. The van der Waals surface area contributed by atoms with Gasteiger partial charge in [0.05, 0.1) is 19.6 Å². The summed E-state index contributed by atoms with van der Waals surface area (Å²) in [6, 6.07) is 9.92. The Labute approximate surface area is 140 Å². The molecule has 1 aliphatic rings. The predicted octanol–water partition coefficient (Wildman–Crippen LogP) is 3.16. The standard InChI is InChI=1S/C18H21NO3S/c1-21-14-6-5-13(12-15(14)22-2)7-10-19-17(20)18(8-9-18)16-4-3-11-23-16/h3-6,11-12H,7-10H2,1-2H3,(H,19,20). The van der Waals surface area contributed by atoms with Crippen LogP contribution >= 0.6 is 11.3 Å². The SMILES string of the molecule is COc1ccc(CCNC(=O)C2(c3cccs3)CC2)cc1OC. The second-order valence-corrected chi connectivity index (χ2v) is 6.70. The van der Waals surface area contributed by atoms with Crippen molar-refractivity contribution in [3.63, 3.8) is 0 Å². The maximum atomic E-state index is 12.5. The molecule has 0 saturated heterocycles. The van der Waals surface area contributed by atoms with E-state index in [4.69, 9.17) is 9.47 Å². The Morgan fingerprint density at radius 1 is 1.22 bits per heavy atom. The Bertz CT molecular complexity index is 678. The van der Waals surface area contributed by atoms with Crippen molar-refractivity contribution in [1.82, 2.24) is 5.32 Å². The zero-order valence-electron chi connectivity index (χ0n) is 13.4. The summed E-state index contributed by atoms with van der Waals surface area (Å²) in [6.45, 7) is 0.626. The lowest BCUT2D eigenvalue weighted by atomic mass is 10.0. The lowest BCUT2D eigenvalue weighted by Gasteiger charge is -2.14. The molecule has 0 atom stereocenters. The van der Waals surface area contributed by atoms with Gasteiger partial charge in [-0.3, -0.25) is 4.79 Å². The number of thiophene rings is 1. The van der Waals surface area contributed by atoms with Crippen LogP contribution in [0.25, 0.3) is 0 Å². The van der Waals surface area contributed by atoms with Gasteiger partial charge in [-0.1, -0.05) is 12.1 Å². The molecule has 23 heavy (non-hydrogen) atoms. The largest absolute Gasteiger partial charge is 0.493 e. The molecule has 3 rings (SSSR count). The third-order valence-corrected chi connectivity index (χ3v) is 5.40. The topological polar surface area (TPSA) is 47.6 Å². The van der Waals surface area contributed by atoms with Crippen molar-refractivity contribution in [3.05, 3.63) is 46.2 Å². The Morgan fingerprint density at radius 3 is 2.61 bits per heavy atom. The molecule has 122 valence electrons. The molecule has 1 aliphatic carbocycles. The van der Waals surface area contributed by atoms with Gasteiger partial charge in [-0.25, -0.2) is 0 Å². The van der Waals surface area contributed by atoms with Crippen LogP contribution in [0.4, 0.5) is 0 Å². The number of hydrogen-bond acceptors (Lipinski definition) is 4. The zero-order valence-corrected chi connectivity index (χ0v) is 14.2. The molecule has 1 saturated carbocycles. The van der Waals surface area contributed by atoms with Gasteiger partial charge in [0.15, 0.2) is 11.5 Å². The summed E-state index contributed by atoms with van der Waals surface area (Å²) >= 11 is 1.67. The molecule has 0 spiro atoms. The quantitative estimate of drug-likeness (QED) is 0.848. The van der Waals surface area contributed by atoms with Gasteiger partial charge in [-0.2, -0.15) is 0 Å². The Hall–Kier alpha value is -2.01. The van der Waals surface area contributed by atoms with Gasteiger partial charge < -0.3 is 14.8 Å². The first kappa shape index (κ1) is 15.9. The van der Waals surface area contributed by atoms with Crippen molar-refractivity contribution < 1.29 is 14.3 Å². The number of benzene rings is 1. The molecule has 0 unspecified atom stereocenters. The second-order valence-electron chi connectivity index (χ2n) is 5.75. The lowest BCUT2D eigenvalue weighted by Crippen LogP contribution is -2.35. The van der Waals surface area contributed by atoms with Crippen LogP contribution in [0.2, 0.25) is 0 Å². The van der Waals surface area contributed by atoms with Gasteiger partial charge in [-0.05, 0) is 48.4 Å². The first-order valence-electron chi connectivity index (χ1n) is 7.73. The number of carbonyl (C=O) groups is 1. The average molecular weight is 331 g/mol. The molecule has 0 radical (unpaired) electrons. The molecule has 1 amide bonds. The van der Waals surface area contributed by atoms with E-state index in [9.17, 15) is 4.79 Å². The highest BCUT2D eigenvalue weighted by Crippen LogP contribution is 2.50. The van der Waals surface area contributed by atoms with E-state index in [1.54, 1.807) is 25.6 Å². The maximum Gasteiger partial charge on any atom is 0.231 e. The highest BCUT2D eigenvalue weighted by molar-refractivity contribution is 7.10. The molecule has 0 bridgehead atoms. The van der Waals surface area contributed by atoms with Crippen LogP contribution in [0.1, 0.15) is 23.3 Å². The van der Waals surface area contributed by atoms with E-state index in [2.05, 4.69) is 11.4 Å². The number of rotatable bonds is 7. The molecule has 4 nitrogen and oxygen atoms in total. The van der Waals surface area contributed by atoms with Crippen molar-refractivity contribution in [3.8, 4) is 11.5 Å². The van der Waals surface area contributed by atoms with Gasteiger partial charge in [0.25, 0.3) is 0 Å². The van der Waals surface area contributed by atoms with Gasteiger partial charge in [0.2, 0.25) is 5.91 Å². The van der Waals surface area contributed by atoms with Crippen LogP contribution in [0, 0.1) is 0 Å². The van der Waals surface area contributed by atoms with Crippen LogP contribution in [-0.4, -0.2) is 26.7 Å². The minimum absolute atomic E-state index is 0.153. The third-order valence-electron chi connectivity index (χ3n) is 4.32. The highest BCUT2D eigenvalue weighted by Gasteiger charge is 2.51. The van der Waals surface area contributed by atoms with Crippen molar-refractivity contribution in [1.29, 1.82) is 0 Å². The van der Waals surface area contributed by atoms with Crippen LogP contribution in [0.5, 0.6) is 11.5 Å². The summed E-state index contributed by atoms with van der Waals surface area (Å²) in [4.78, 5) is 13.7. The lowest BCUT2D eigenvalue weighted by molar-refractivity contribution is -0.123. The van der Waals surface area contributed by atoms with E-state index in [1.807, 2.05) is 29.6 Å². The summed E-state index contributed by atoms with van der Waals surface area (Å²) in [6.07, 6.45) is 2.68. The smallest absolute Gasteiger partial charge is 0.231 e. The monoisotopic (exact) mass is 331 g/mol. The Kier molecular flexibility index (Phi) is 4.57. The molecule has 1 heterocycles. The predicted molar refractivity (Wildman–Crippen MR) is 91.5 cm³/mol. The molecule has 1 aromatic heterocycles. The Morgan fingerprint density at radius 2 is 2.00 bits per heavy atom. The van der Waals surface area contributed by atoms with Crippen LogP contribution in [0.15, 0.2) is 35.7 Å². The van der Waals surface area contributed by atoms with Crippen LogP contribution in [-0.2, 0) is 16.6 Å². The zero-order chi connectivity index (χ0) is 16.3. The van der Waals surface area contributed by atoms with Crippen molar-refractivity contribution in [2.24, 2.45) is 0 Å². The van der Waals surface area contributed by atoms with Crippen molar-refractivity contribution >= 4 is 17.2 Å². The van der Waals surface area contributed by atoms with E-state index < -0.39 is 0 Å². The number of hydrogen-bond donors (Lipinski definition) is 1. The van der Waals surface area contributed by atoms with Gasteiger partial charge in [0.1, 0.15) is 0 Å². The molecule has 0 aliphatic heterocycles. The number of methoxy groups -OCH3 is 2. The van der Waals surface area contributed by atoms with E-state index in [0.29, 0.717) is 12.3 Å². The number of amides is 1. The minimum atomic E-state index is -0.258. The highest BCUT2D eigenvalue weighted by atomic mass is 32.1. The van der Waals surface area contributed by atoms with Crippen molar-refractivity contribution in [2.45, 2.75) is 24.7 Å². The first-order valence-corrected chi connectivity index (χ1v) is 8.61. The Balaban J connectivity index is 1.57. The van der Waals surface area contributed by atoms with Gasteiger partial charge in [-0.15, -0.1) is 11.3 Å². The second kappa shape index (κ2) is 6.62. The molecule has 1 N–H and O–H groups in total. The summed E-state index contributed by atoms with van der Waals surface area (Å²) in [5.74, 6) is 1.59. The van der Waals surface area contributed by atoms with E-state index in [-0.39, 0.29) is 11.3 Å². The molecular weight excluding hydrogens is 310 g/mol. The number of ether oxygens (including phenoxy) is 2. The van der Waals surface area contributed by atoms with E-state index >= 15 is 0 Å². The van der Waals surface area contributed by atoms with E-state index in [0.717, 1.165) is 30.6 Å². The number of nitrogens with one attached hydrogen (secondary N) is 1. The van der Waals surface area contributed by atoms with Gasteiger partial charge >= 0.3 is 0 Å². The fraction of sp³-hybridized carbons (Fsp3) is 0.389. The molecular formula is C18H21NO3S. The van der Waals surface area contributed by atoms with E-state index in [1.165, 1.54) is 4.88 Å². The third kappa shape index (κ3) is 3.20. The summed E-state index contributed by atoms with van der Waals surface area (Å²) in [7, 11) is 3.25. The normalized spacial score (nSPS) is 15.0. The van der Waals surface area contributed by atoms with Crippen LogP contribution in [0.3, 0.4) is 0 Å². The molecule has 2 aromatic rings. The fourth-order valence-electron chi connectivity index (χ4n) is 2.79. The fourth-order valence-corrected chi connectivity index (χ4v) is 3.77. The van der Waals surface area contributed by atoms with Gasteiger partial charge in [0, 0.05) is 11.4 Å². The number of carbonyl (C=O) groups excluding carboxylic acids is 1. The molecule has 5 heteroatoms. The first-order chi connectivity index (χ1) is 11.2. The summed E-state index contributed by atoms with van der Waals surface area (Å²) < 4.78 is 10.5. The summed E-state index contributed by atoms with van der Waals surface area (Å²) in [5, 5.41) is 5.12. The maximum absolute atomic E-state index is 12.5. The van der Waals surface area contributed by atoms with Crippen molar-refractivity contribution in [2.75, 3.05) is 20.8 Å². The molecule has 1 fully saturated rings.